The molecule has 0 amide bonds. The van der Waals surface area contributed by atoms with Crippen LogP contribution in [0.2, 0.25) is 0 Å². The van der Waals surface area contributed by atoms with Crippen LogP contribution in [0.3, 0.4) is 0 Å². The lowest BCUT2D eigenvalue weighted by atomic mass is 10.0. The first-order valence-corrected chi connectivity index (χ1v) is 11.0. The normalized spacial score (nSPS) is 12.2. The van der Waals surface area contributed by atoms with Gasteiger partial charge in [-0.05, 0) is 68.1 Å². The monoisotopic (exact) mass is 445 g/mol. The lowest BCUT2D eigenvalue weighted by Crippen LogP contribution is -2.24. The Morgan fingerprint density at radius 3 is 2.29 bits per heavy atom. The first-order chi connectivity index (χ1) is 14.7. The summed E-state index contributed by atoms with van der Waals surface area (Å²) in [7, 11) is 5.13. The Labute approximate surface area is 193 Å². The minimum absolute atomic E-state index is 0. The highest BCUT2D eigenvalue weighted by molar-refractivity contribution is 5.85. The molecule has 0 saturated heterocycles. The van der Waals surface area contributed by atoms with Crippen molar-refractivity contribution >= 4 is 18.5 Å². The molecular weight excluding hydrogens is 410 g/mol. The van der Waals surface area contributed by atoms with E-state index >= 15 is 0 Å². The van der Waals surface area contributed by atoms with Gasteiger partial charge in [0.15, 0.2) is 11.5 Å². The van der Waals surface area contributed by atoms with E-state index in [1.165, 1.54) is 41.5 Å². The second kappa shape index (κ2) is 12.6. The summed E-state index contributed by atoms with van der Waals surface area (Å²) in [5.41, 5.74) is 5.40. The van der Waals surface area contributed by atoms with Gasteiger partial charge in [-0.1, -0.05) is 43.2 Å². The molecule has 0 spiro atoms. The SMILES string of the molecule is CCN(CCCCCC1=Cc2cc(OC)c(OC)cc2C1)Cc1ccccc1OC.Cl. The van der Waals surface area contributed by atoms with Crippen LogP contribution in [0.1, 0.15) is 49.3 Å². The number of hydrogen-bond donors (Lipinski definition) is 0. The summed E-state index contributed by atoms with van der Waals surface area (Å²) >= 11 is 0. The molecule has 0 fully saturated rings. The fourth-order valence-electron chi connectivity index (χ4n) is 4.19. The van der Waals surface area contributed by atoms with Crippen molar-refractivity contribution in [2.75, 3.05) is 34.4 Å². The maximum Gasteiger partial charge on any atom is 0.161 e. The summed E-state index contributed by atoms with van der Waals surface area (Å²) < 4.78 is 16.4. The average molecular weight is 446 g/mol. The molecule has 1 aliphatic carbocycles. The van der Waals surface area contributed by atoms with Gasteiger partial charge < -0.3 is 14.2 Å². The van der Waals surface area contributed by atoms with Crippen LogP contribution in [0.15, 0.2) is 42.0 Å². The Kier molecular flexibility index (Phi) is 10.2. The summed E-state index contributed by atoms with van der Waals surface area (Å²) in [6.07, 6.45) is 8.24. The number of para-hydroxylation sites is 1. The minimum atomic E-state index is 0. The summed E-state index contributed by atoms with van der Waals surface area (Å²) in [6, 6.07) is 12.5. The molecule has 2 aromatic carbocycles. The van der Waals surface area contributed by atoms with Crippen molar-refractivity contribution in [3.63, 3.8) is 0 Å². The first kappa shape index (κ1) is 25.1. The molecule has 0 unspecified atom stereocenters. The molecule has 170 valence electrons. The van der Waals surface area contributed by atoms with Crippen LogP contribution < -0.4 is 14.2 Å². The van der Waals surface area contributed by atoms with E-state index in [2.05, 4.69) is 42.2 Å². The third kappa shape index (κ3) is 6.65. The van der Waals surface area contributed by atoms with E-state index in [1.807, 2.05) is 12.1 Å². The van der Waals surface area contributed by atoms with Crippen LogP contribution in [-0.2, 0) is 13.0 Å². The lowest BCUT2D eigenvalue weighted by molar-refractivity contribution is 0.268. The number of halogens is 1. The van der Waals surface area contributed by atoms with Crippen molar-refractivity contribution in [3.05, 3.63) is 58.7 Å². The molecule has 2 aromatic rings. The maximum atomic E-state index is 5.50. The van der Waals surface area contributed by atoms with Crippen molar-refractivity contribution in [1.29, 1.82) is 0 Å². The summed E-state index contributed by atoms with van der Waals surface area (Å²) in [5, 5.41) is 0. The molecule has 31 heavy (non-hydrogen) atoms. The van der Waals surface area contributed by atoms with Crippen molar-refractivity contribution in [2.45, 2.75) is 45.6 Å². The molecule has 5 heteroatoms. The number of unbranched alkanes of at least 4 members (excludes halogenated alkanes) is 2. The maximum absolute atomic E-state index is 5.50. The summed E-state index contributed by atoms with van der Waals surface area (Å²) in [4.78, 5) is 2.50. The van der Waals surface area contributed by atoms with Gasteiger partial charge in [0.2, 0.25) is 0 Å². The molecule has 0 atom stereocenters. The van der Waals surface area contributed by atoms with Gasteiger partial charge in [-0.2, -0.15) is 0 Å². The largest absolute Gasteiger partial charge is 0.496 e. The van der Waals surface area contributed by atoms with Gasteiger partial charge in [0.05, 0.1) is 21.3 Å². The zero-order chi connectivity index (χ0) is 21.3. The van der Waals surface area contributed by atoms with Crippen LogP contribution in [0.25, 0.3) is 6.08 Å². The predicted octanol–water partition coefficient (Wildman–Crippen LogP) is 6.16. The second-order valence-electron chi connectivity index (χ2n) is 7.88. The number of allylic oxidation sites excluding steroid dienone is 1. The van der Waals surface area contributed by atoms with Gasteiger partial charge in [-0.25, -0.2) is 0 Å². The number of hydrogen-bond acceptors (Lipinski definition) is 4. The van der Waals surface area contributed by atoms with Gasteiger partial charge in [0.25, 0.3) is 0 Å². The molecule has 0 saturated carbocycles. The van der Waals surface area contributed by atoms with Crippen molar-refractivity contribution in [2.24, 2.45) is 0 Å². The lowest BCUT2D eigenvalue weighted by Gasteiger charge is -2.21. The highest BCUT2D eigenvalue weighted by Gasteiger charge is 2.16. The molecule has 4 nitrogen and oxygen atoms in total. The van der Waals surface area contributed by atoms with Gasteiger partial charge in [-0.3, -0.25) is 4.90 Å². The average Bonchev–Trinajstić information content (AvgIpc) is 3.18. The molecule has 0 aliphatic heterocycles. The third-order valence-corrected chi connectivity index (χ3v) is 5.93. The van der Waals surface area contributed by atoms with Gasteiger partial charge in [0, 0.05) is 12.1 Å². The van der Waals surface area contributed by atoms with E-state index in [4.69, 9.17) is 14.2 Å². The molecule has 1 aliphatic rings. The number of fused-ring (bicyclic) bond motifs is 1. The van der Waals surface area contributed by atoms with Crippen molar-refractivity contribution in [3.8, 4) is 17.2 Å². The standard InChI is InChI=1S/C26H35NO3.ClH/c1-5-27(19-21-12-8-9-13-24(21)28-2)14-10-6-7-11-20-15-22-17-25(29-3)26(30-4)18-23(22)16-20;/h8-9,12-13,15,17-18H,5-7,10-11,14,16,19H2,1-4H3;1H. The fraction of sp³-hybridized carbons (Fsp3) is 0.462. The van der Waals surface area contributed by atoms with Crippen LogP contribution >= 0.6 is 12.4 Å². The van der Waals surface area contributed by atoms with Crippen molar-refractivity contribution in [1.82, 2.24) is 4.90 Å². The molecule has 3 rings (SSSR count). The molecule has 0 radical (unpaired) electrons. The first-order valence-electron chi connectivity index (χ1n) is 11.0. The molecule has 0 aromatic heterocycles. The Hall–Kier alpha value is -2.17. The van der Waals surface area contributed by atoms with Crippen LogP contribution in [-0.4, -0.2) is 39.3 Å². The Morgan fingerprint density at radius 2 is 1.58 bits per heavy atom. The zero-order valence-electron chi connectivity index (χ0n) is 19.3. The molecule has 0 heterocycles. The van der Waals surface area contributed by atoms with Crippen molar-refractivity contribution < 1.29 is 14.2 Å². The highest BCUT2D eigenvalue weighted by Crippen LogP contribution is 2.37. The van der Waals surface area contributed by atoms with E-state index in [9.17, 15) is 0 Å². The molecule has 0 bridgehead atoms. The smallest absolute Gasteiger partial charge is 0.161 e. The Morgan fingerprint density at radius 1 is 0.871 bits per heavy atom. The number of ether oxygens (including phenoxy) is 3. The number of methoxy groups -OCH3 is 3. The van der Waals surface area contributed by atoms with E-state index in [0.717, 1.165) is 49.7 Å². The number of rotatable bonds is 12. The molecule has 0 N–H and O–H groups in total. The van der Waals surface area contributed by atoms with Gasteiger partial charge in [0.1, 0.15) is 5.75 Å². The Balaban J connectivity index is 0.00000341. The second-order valence-corrected chi connectivity index (χ2v) is 7.88. The zero-order valence-corrected chi connectivity index (χ0v) is 20.1. The van der Waals surface area contributed by atoms with E-state index in [-0.39, 0.29) is 12.4 Å². The van der Waals surface area contributed by atoms with Gasteiger partial charge in [-0.15, -0.1) is 12.4 Å². The van der Waals surface area contributed by atoms with E-state index in [0.29, 0.717) is 0 Å². The van der Waals surface area contributed by atoms with Crippen LogP contribution in [0, 0.1) is 0 Å². The quantitative estimate of drug-likeness (QED) is 0.366. The highest BCUT2D eigenvalue weighted by atomic mass is 35.5. The summed E-state index contributed by atoms with van der Waals surface area (Å²) in [6.45, 7) is 5.37. The Bertz CT molecular complexity index is 866. The summed E-state index contributed by atoms with van der Waals surface area (Å²) in [5.74, 6) is 2.61. The van der Waals surface area contributed by atoms with Gasteiger partial charge >= 0.3 is 0 Å². The van der Waals surface area contributed by atoms with Crippen LogP contribution in [0.4, 0.5) is 0 Å². The van der Waals surface area contributed by atoms with E-state index in [1.54, 1.807) is 21.3 Å². The fourth-order valence-corrected chi connectivity index (χ4v) is 4.19. The van der Waals surface area contributed by atoms with Crippen LogP contribution in [0.5, 0.6) is 17.2 Å². The van der Waals surface area contributed by atoms with E-state index < -0.39 is 0 Å². The minimum Gasteiger partial charge on any atom is -0.496 e. The molecular formula is C26H36ClNO3. The number of nitrogens with zero attached hydrogens (tertiary/aromatic N) is 1. The third-order valence-electron chi connectivity index (χ3n) is 5.93. The predicted molar refractivity (Wildman–Crippen MR) is 131 cm³/mol. The topological polar surface area (TPSA) is 30.9 Å². The number of benzene rings is 2.